The van der Waals surface area contributed by atoms with Gasteiger partial charge in [-0.2, -0.15) is 0 Å². The summed E-state index contributed by atoms with van der Waals surface area (Å²) in [5.41, 5.74) is 0. The summed E-state index contributed by atoms with van der Waals surface area (Å²) in [7, 11) is 0. The number of ether oxygens (including phenoxy) is 3. The molecule has 4 nitrogen and oxygen atoms in total. The van der Waals surface area contributed by atoms with Crippen molar-refractivity contribution in [2.24, 2.45) is 11.8 Å². The van der Waals surface area contributed by atoms with E-state index in [1.165, 1.54) is 19.3 Å². The molecule has 4 fully saturated rings. The number of epoxide rings is 2. The summed E-state index contributed by atoms with van der Waals surface area (Å²) >= 11 is 0. The van der Waals surface area contributed by atoms with Crippen LogP contribution in [-0.2, 0) is 19.0 Å². The topological polar surface area (TPSA) is 51.4 Å². The number of hydrogen-bond acceptors (Lipinski definition) is 4. The summed E-state index contributed by atoms with van der Waals surface area (Å²) in [6.07, 6.45) is 13.1. The predicted molar refractivity (Wildman–Crippen MR) is 81.4 cm³/mol. The highest BCUT2D eigenvalue weighted by Gasteiger charge is 2.41. The Labute approximate surface area is 132 Å². The van der Waals surface area contributed by atoms with Crippen LogP contribution in [0.5, 0.6) is 0 Å². The SMILES string of the molecule is O=C(OCC1CCCC2OC2CC1)C1CCCC2OC2CC1. The molecule has 6 unspecified atom stereocenters. The lowest BCUT2D eigenvalue weighted by Gasteiger charge is -2.21. The van der Waals surface area contributed by atoms with Crippen molar-refractivity contribution < 1.29 is 19.0 Å². The third-order valence-electron chi connectivity index (χ3n) is 5.97. The maximum atomic E-state index is 12.4. The third kappa shape index (κ3) is 3.65. The Morgan fingerprint density at radius 2 is 1.41 bits per heavy atom. The fraction of sp³-hybridized carbons (Fsp3) is 0.944. The molecule has 2 aliphatic heterocycles. The summed E-state index contributed by atoms with van der Waals surface area (Å²) in [6.45, 7) is 0.620. The van der Waals surface area contributed by atoms with Gasteiger partial charge in [-0.05, 0) is 63.7 Å². The maximum absolute atomic E-state index is 12.4. The third-order valence-corrected chi connectivity index (χ3v) is 5.97. The fourth-order valence-corrected chi connectivity index (χ4v) is 4.32. The van der Waals surface area contributed by atoms with Crippen molar-refractivity contribution in [1.29, 1.82) is 0 Å². The smallest absolute Gasteiger partial charge is 0.308 e. The maximum Gasteiger partial charge on any atom is 0.308 e. The van der Waals surface area contributed by atoms with E-state index in [4.69, 9.17) is 14.2 Å². The van der Waals surface area contributed by atoms with Crippen LogP contribution in [0.15, 0.2) is 0 Å². The van der Waals surface area contributed by atoms with E-state index in [1.807, 2.05) is 0 Å². The van der Waals surface area contributed by atoms with Gasteiger partial charge < -0.3 is 14.2 Å². The molecule has 124 valence electrons. The first-order chi connectivity index (χ1) is 10.8. The predicted octanol–water partition coefficient (Wildman–Crippen LogP) is 3.23. The molecule has 2 saturated heterocycles. The summed E-state index contributed by atoms with van der Waals surface area (Å²) < 4.78 is 16.9. The second-order valence-electron chi connectivity index (χ2n) is 7.64. The van der Waals surface area contributed by atoms with Gasteiger partial charge >= 0.3 is 5.97 Å². The van der Waals surface area contributed by atoms with Crippen molar-refractivity contribution in [3.63, 3.8) is 0 Å². The molecule has 2 heterocycles. The minimum atomic E-state index is 0.0432. The van der Waals surface area contributed by atoms with Gasteiger partial charge in [0, 0.05) is 0 Å². The van der Waals surface area contributed by atoms with Crippen molar-refractivity contribution in [1.82, 2.24) is 0 Å². The van der Waals surface area contributed by atoms with Gasteiger partial charge in [0.25, 0.3) is 0 Å². The van der Waals surface area contributed by atoms with Crippen molar-refractivity contribution >= 4 is 5.97 Å². The normalized spacial score (nSPS) is 44.4. The fourth-order valence-electron chi connectivity index (χ4n) is 4.32. The molecule has 4 rings (SSSR count). The Morgan fingerprint density at radius 3 is 2.18 bits per heavy atom. The van der Waals surface area contributed by atoms with Gasteiger partial charge in [-0.3, -0.25) is 4.79 Å². The first-order valence-electron chi connectivity index (χ1n) is 9.27. The minimum absolute atomic E-state index is 0.0432. The number of hydrogen-bond donors (Lipinski definition) is 0. The molecule has 0 aromatic heterocycles. The van der Waals surface area contributed by atoms with Crippen LogP contribution >= 0.6 is 0 Å². The molecule has 0 spiro atoms. The number of rotatable bonds is 3. The van der Waals surface area contributed by atoms with E-state index in [1.54, 1.807) is 0 Å². The van der Waals surface area contributed by atoms with Gasteiger partial charge in [-0.1, -0.05) is 6.42 Å². The number of esters is 1. The van der Waals surface area contributed by atoms with E-state index in [2.05, 4.69) is 0 Å². The molecule has 4 aliphatic rings. The van der Waals surface area contributed by atoms with Gasteiger partial charge in [0.1, 0.15) is 0 Å². The molecule has 0 radical (unpaired) electrons. The highest BCUT2D eigenvalue weighted by atomic mass is 16.6. The highest BCUT2D eigenvalue weighted by molar-refractivity contribution is 5.72. The summed E-state index contributed by atoms with van der Waals surface area (Å²) in [5.74, 6) is 0.690. The Kier molecular flexibility index (Phi) is 4.40. The zero-order chi connectivity index (χ0) is 14.9. The average molecular weight is 308 g/mol. The van der Waals surface area contributed by atoms with E-state index in [-0.39, 0.29) is 11.9 Å². The highest BCUT2D eigenvalue weighted by Crippen LogP contribution is 2.37. The van der Waals surface area contributed by atoms with Crippen LogP contribution in [0.2, 0.25) is 0 Å². The number of carbonyl (C=O) groups is 1. The standard InChI is InChI=1S/C18H28O4/c19-18(13-4-2-6-15-17(22-15)10-8-13)20-11-12-3-1-5-14-16(21-14)9-7-12/h12-17H,1-11H2. The molecule has 0 aromatic carbocycles. The Bertz CT molecular complexity index is 410. The molecule has 2 saturated carbocycles. The Hall–Kier alpha value is -0.610. The van der Waals surface area contributed by atoms with E-state index in [0.717, 1.165) is 44.9 Å². The molecular formula is C18H28O4. The average Bonchev–Trinajstić information content (AvgIpc) is 3.37. The summed E-state index contributed by atoms with van der Waals surface area (Å²) in [5, 5.41) is 0. The van der Waals surface area contributed by atoms with Crippen LogP contribution in [0.1, 0.15) is 64.2 Å². The monoisotopic (exact) mass is 308 g/mol. The van der Waals surface area contributed by atoms with Crippen LogP contribution in [0.3, 0.4) is 0 Å². The molecule has 0 bridgehead atoms. The van der Waals surface area contributed by atoms with E-state index in [0.29, 0.717) is 36.9 Å². The quantitative estimate of drug-likeness (QED) is 0.593. The van der Waals surface area contributed by atoms with Crippen molar-refractivity contribution in [2.45, 2.75) is 88.6 Å². The first-order valence-corrected chi connectivity index (χ1v) is 9.27. The number of fused-ring (bicyclic) bond motifs is 2. The van der Waals surface area contributed by atoms with Crippen LogP contribution in [0.4, 0.5) is 0 Å². The molecule has 2 aliphatic carbocycles. The van der Waals surface area contributed by atoms with E-state index in [9.17, 15) is 4.79 Å². The summed E-state index contributed by atoms with van der Waals surface area (Å²) in [4.78, 5) is 12.4. The van der Waals surface area contributed by atoms with Gasteiger partial charge in [0.2, 0.25) is 0 Å². The minimum Gasteiger partial charge on any atom is -0.465 e. The van der Waals surface area contributed by atoms with E-state index >= 15 is 0 Å². The van der Waals surface area contributed by atoms with Crippen molar-refractivity contribution in [2.75, 3.05) is 6.61 Å². The largest absolute Gasteiger partial charge is 0.465 e. The molecule has 0 aromatic rings. The van der Waals surface area contributed by atoms with Crippen molar-refractivity contribution in [3.05, 3.63) is 0 Å². The molecule has 6 atom stereocenters. The van der Waals surface area contributed by atoms with Gasteiger partial charge in [0.15, 0.2) is 0 Å². The lowest BCUT2D eigenvalue weighted by Crippen LogP contribution is -2.23. The lowest BCUT2D eigenvalue weighted by molar-refractivity contribution is -0.150. The zero-order valence-electron chi connectivity index (χ0n) is 13.4. The van der Waals surface area contributed by atoms with Gasteiger partial charge in [-0.25, -0.2) is 0 Å². The molecule has 4 heteroatoms. The molecule has 0 amide bonds. The summed E-state index contributed by atoms with van der Waals surface area (Å²) in [6, 6.07) is 0. The Balaban J connectivity index is 1.20. The van der Waals surface area contributed by atoms with Gasteiger partial charge in [0.05, 0.1) is 36.9 Å². The molecular weight excluding hydrogens is 280 g/mol. The molecule has 0 N–H and O–H groups in total. The van der Waals surface area contributed by atoms with Crippen LogP contribution in [0, 0.1) is 11.8 Å². The number of carbonyl (C=O) groups excluding carboxylic acids is 1. The first kappa shape index (κ1) is 14.9. The van der Waals surface area contributed by atoms with Crippen molar-refractivity contribution in [3.8, 4) is 0 Å². The van der Waals surface area contributed by atoms with Crippen LogP contribution in [-0.4, -0.2) is 37.0 Å². The Morgan fingerprint density at radius 1 is 0.773 bits per heavy atom. The lowest BCUT2D eigenvalue weighted by atomic mass is 9.90. The second kappa shape index (κ2) is 6.48. The van der Waals surface area contributed by atoms with Crippen LogP contribution < -0.4 is 0 Å². The zero-order valence-corrected chi connectivity index (χ0v) is 13.4. The molecule has 22 heavy (non-hydrogen) atoms. The van der Waals surface area contributed by atoms with E-state index < -0.39 is 0 Å². The second-order valence-corrected chi connectivity index (χ2v) is 7.64. The van der Waals surface area contributed by atoms with Crippen LogP contribution in [0.25, 0.3) is 0 Å². The van der Waals surface area contributed by atoms with Gasteiger partial charge in [-0.15, -0.1) is 0 Å².